The quantitative estimate of drug-likeness (QED) is 0.749. The summed E-state index contributed by atoms with van der Waals surface area (Å²) in [6.45, 7) is 9.43. The molecule has 0 saturated carbocycles. The second kappa shape index (κ2) is 4.93. The van der Waals surface area contributed by atoms with Gasteiger partial charge in [0, 0.05) is 31.4 Å². The third kappa shape index (κ3) is 2.26. The lowest BCUT2D eigenvalue weighted by Gasteiger charge is -2.45. The van der Waals surface area contributed by atoms with Gasteiger partial charge in [-0.05, 0) is 50.4 Å². The van der Waals surface area contributed by atoms with E-state index in [1.165, 1.54) is 62.3 Å². The van der Waals surface area contributed by atoms with Crippen LogP contribution < -0.4 is 4.90 Å². The second-order valence-corrected chi connectivity index (χ2v) is 5.92. The summed E-state index contributed by atoms with van der Waals surface area (Å²) < 4.78 is 0. The number of fused-ring (bicyclic) bond motifs is 1. The van der Waals surface area contributed by atoms with E-state index in [1.807, 2.05) is 0 Å². The van der Waals surface area contributed by atoms with Crippen molar-refractivity contribution in [2.24, 2.45) is 0 Å². The van der Waals surface area contributed by atoms with Crippen molar-refractivity contribution in [1.29, 1.82) is 0 Å². The molecule has 2 heterocycles. The molecule has 98 valence electrons. The smallest absolute Gasteiger partial charge is 0.0399 e. The molecule has 0 N–H and O–H groups in total. The Balaban J connectivity index is 1.79. The molecule has 2 heteroatoms. The van der Waals surface area contributed by atoms with Crippen molar-refractivity contribution in [1.82, 2.24) is 4.90 Å². The Morgan fingerprint density at radius 2 is 1.94 bits per heavy atom. The fourth-order valence-electron chi connectivity index (χ4n) is 3.43. The van der Waals surface area contributed by atoms with Crippen LogP contribution in [-0.4, -0.2) is 37.1 Å². The molecule has 1 aromatic carbocycles. The number of piperazine rings is 1. The minimum Gasteiger partial charge on any atom is -0.368 e. The Labute approximate surface area is 111 Å². The lowest BCUT2D eigenvalue weighted by Crippen LogP contribution is -2.55. The summed E-state index contributed by atoms with van der Waals surface area (Å²) in [5.74, 6) is 0. The summed E-state index contributed by atoms with van der Waals surface area (Å²) in [4.78, 5) is 5.31. The van der Waals surface area contributed by atoms with Gasteiger partial charge in [0.2, 0.25) is 0 Å². The number of piperidine rings is 1. The van der Waals surface area contributed by atoms with E-state index in [0.29, 0.717) is 0 Å². The number of aryl methyl sites for hydroxylation is 2. The highest BCUT2D eigenvalue weighted by Crippen LogP contribution is 2.27. The maximum absolute atomic E-state index is 2.70. The van der Waals surface area contributed by atoms with Crippen LogP contribution >= 0.6 is 0 Å². The maximum Gasteiger partial charge on any atom is 0.0399 e. The summed E-state index contributed by atoms with van der Waals surface area (Å²) >= 11 is 0. The molecule has 2 saturated heterocycles. The summed E-state index contributed by atoms with van der Waals surface area (Å²) in [5.41, 5.74) is 4.26. The lowest BCUT2D eigenvalue weighted by atomic mass is 9.98. The minimum absolute atomic E-state index is 0.799. The first-order chi connectivity index (χ1) is 8.74. The first-order valence-electron chi connectivity index (χ1n) is 7.30. The molecular formula is C16H24N2. The first-order valence-corrected chi connectivity index (χ1v) is 7.30. The largest absolute Gasteiger partial charge is 0.368 e. The number of rotatable bonds is 1. The van der Waals surface area contributed by atoms with E-state index in [0.717, 1.165) is 6.04 Å². The van der Waals surface area contributed by atoms with Gasteiger partial charge in [-0.2, -0.15) is 0 Å². The summed E-state index contributed by atoms with van der Waals surface area (Å²) in [6, 6.07) is 7.63. The highest BCUT2D eigenvalue weighted by atomic mass is 15.3. The molecule has 0 aliphatic carbocycles. The molecule has 2 aliphatic heterocycles. The van der Waals surface area contributed by atoms with Crippen LogP contribution in [0.4, 0.5) is 5.69 Å². The highest BCUT2D eigenvalue weighted by Gasteiger charge is 2.29. The van der Waals surface area contributed by atoms with Gasteiger partial charge in [-0.3, -0.25) is 4.90 Å². The van der Waals surface area contributed by atoms with E-state index in [4.69, 9.17) is 0 Å². The Hall–Kier alpha value is -1.02. The number of benzene rings is 1. The van der Waals surface area contributed by atoms with E-state index in [-0.39, 0.29) is 0 Å². The molecule has 2 aliphatic rings. The van der Waals surface area contributed by atoms with Gasteiger partial charge in [0.25, 0.3) is 0 Å². The summed E-state index contributed by atoms with van der Waals surface area (Å²) in [7, 11) is 0. The first kappa shape index (κ1) is 12.0. The van der Waals surface area contributed by atoms with Crippen LogP contribution in [0.2, 0.25) is 0 Å². The van der Waals surface area contributed by atoms with Crippen molar-refractivity contribution >= 4 is 5.69 Å². The van der Waals surface area contributed by atoms with Crippen LogP contribution in [0.15, 0.2) is 18.2 Å². The fraction of sp³-hybridized carbons (Fsp3) is 0.625. The fourth-order valence-corrected chi connectivity index (χ4v) is 3.43. The van der Waals surface area contributed by atoms with E-state index in [1.54, 1.807) is 0 Å². The molecule has 18 heavy (non-hydrogen) atoms. The Morgan fingerprint density at radius 3 is 2.83 bits per heavy atom. The molecule has 3 rings (SSSR count). The second-order valence-electron chi connectivity index (χ2n) is 5.92. The minimum atomic E-state index is 0.799. The predicted molar refractivity (Wildman–Crippen MR) is 77.3 cm³/mol. The Bertz CT molecular complexity index is 427. The van der Waals surface area contributed by atoms with E-state index in [2.05, 4.69) is 41.8 Å². The standard InChI is InChI=1S/C16H24N2/c1-13-6-7-14(2)16(11-13)18-10-9-17-8-4-3-5-15(17)12-18/h6-7,11,15H,3-5,8-10,12H2,1-2H3. The normalized spacial score (nSPS) is 25.0. The van der Waals surface area contributed by atoms with Crippen molar-refractivity contribution in [3.05, 3.63) is 29.3 Å². The molecule has 1 atom stereocenters. The molecule has 2 nitrogen and oxygen atoms in total. The molecule has 0 amide bonds. The van der Waals surface area contributed by atoms with Crippen molar-refractivity contribution < 1.29 is 0 Å². The zero-order valence-corrected chi connectivity index (χ0v) is 11.7. The van der Waals surface area contributed by atoms with Crippen molar-refractivity contribution in [3.63, 3.8) is 0 Å². The van der Waals surface area contributed by atoms with Crippen molar-refractivity contribution in [3.8, 4) is 0 Å². The van der Waals surface area contributed by atoms with Gasteiger partial charge in [0.05, 0.1) is 0 Å². The molecular weight excluding hydrogens is 220 g/mol. The molecule has 1 unspecified atom stereocenters. The Kier molecular flexibility index (Phi) is 3.29. The number of nitrogens with zero attached hydrogens (tertiary/aromatic N) is 2. The van der Waals surface area contributed by atoms with Crippen molar-refractivity contribution in [2.75, 3.05) is 31.1 Å². The van der Waals surface area contributed by atoms with Crippen LogP contribution in [0.25, 0.3) is 0 Å². The van der Waals surface area contributed by atoms with Crippen molar-refractivity contribution in [2.45, 2.75) is 39.2 Å². The summed E-state index contributed by atoms with van der Waals surface area (Å²) in [5, 5.41) is 0. The molecule has 0 spiro atoms. The summed E-state index contributed by atoms with van der Waals surface area (Å²) in [6.07, 6.45) is 4.21. The average Bonchev–Trinajstić information content (AvgIpc) is 2.41. The van der Waals surface area contributed by atoms with Gasteiger partial charge in [-0.1, -0.05) is 18.6 Å². The SMILES string of the molecule is Cc1ccc(C)c(N2CCN3CCCCC3C2)c1. The molecule has 2 fully saturated rings. The van der Waals surface area contributed by atoms with E-state index >= 15 is 0 Å². The number of hydrogen-bond donors (Lipinski definition) is 0. The van der Waals surface area contributed by atoms with Crippen LogP contribution in [0.1, 0.15) is 30.4 Å². The van der Waals surface area contributed by atoms with E-state index < -0.39 is 0 Å². The van der Waals surface area contributed by atoms with Crippen LogP contribution in [0, 0.1) is 13.8 Å². The maximum atomic E-state index is 2.70. The highest BCUT2D eigenvalue weighted by molar-refractivity contribution is 5.55. The van der Waals surface area contributed by atoms with Crippen LogP contribution in [0.5, 0.6) is 0 Å². The zero-order chi connectivity index (χ0) is 12.5. The third-order valence-corrected chi connectivity index (χ3v) is 4.54. The van der Waals surface area contributed by atoms with E-state index in [9.17, 15) is 0 Å². The van der Waals surface area contributed by atoms with Crippen LogP contribution in [0.3, 0.4) is 0 Å². The zero-order valence-electron chi connectivity index (χ0n) is 11.7. The predicted octanol–water partition coefficient (Wildman–Crippen LogP) is 2.98. The average molecular weight is 244 g/mol. The van der Waals surface area contributed by atoms with Gasteiger partial charge < -0.3 is 4.90 Å². The number of anilines is 1. The van der Waals surface area contributed by atoms with Gasteiger partial charge >= 0.3 is 0 Å². The molecule has 0 bridgehead atoms. The van der Waals surface area contributed by atoms with Crippen LogP contribution in [-0.2, 0) is 0 Å². The van der Waals surface area contributed by atoms with Gasteiger partial charge in [-0.25, -0.2) is 0 Å². The van der Waals surface area contributed by atoms with Gasteiger partial charge in [0.15, 0.2) is 0 Å². The lowest BCUT2D eigenvalue weighted by molar-refractivity contribution is 0.133. The molecule has 0 aromatic heterocycles. The monoisotopic (exact) mass is 244 g/mol. The molecule has 1 aromatic rings. The Morgan fingerprint density at radius 1 is 1.06 bits per heavy atom. The van der Waals surface area contributed by atoms with Gasteiger partial charge in [-0.15, -0.1) is 0 Å². The third-order valence-electron chi connectivity index (χ3n) is 4.54. The van der Waals surface area contributed by atoms with Gasteiger partial charge in [0.1, 0.15) is 0 Å². The molecule has 0 radical (unpaired) electrons. The topological polar surface area (TPSA) is 6.48 Å². The number of hydrogen-bond acceptors (Lipinski definition) is 2.